The Balaban J connectivity index is 1.87. The molecule has 23 heavy (non-hydrogen) atoms. The van der Waals surface area contributed by atoms with Crippen LogP contribution >= 0.6 is 15.9 Å². The number of nitrogens with zero attached hydrogens (tertiary/aromatic N) is 3. The van der Waals surface area contributed by atoms with Crippen LogP contribution in [0.2, 0.25) is 0 Å². The van der Waals surface area contributed by atoms with E-state index in [9.17, 15) is 0 Å². The number of hydrogen-bond acceptors (Lipinski definition) is 4. The second-order valence-corrected chi connectivity index (χ2v) is 5.89. The van der Waals surface area contributed by atoms with Crippen molar-refractivity contribution in [2.24, 2.45) is 0 Å². The summed E-state index contributed by atoms with van der Waals surface area (Å²) in [5, 5.41) is 3.31. The minimum absolute atomic E-state index is 0.766. The van der Waals surface area contributed by atoms with Gasteiger partial charge in [0.15, 0.2) is 0 Å². The number of hydrogen-bond donors (Lipinski definition) is 1. The van der Waals surface area contributed by atoms with Crippen molar-refractivity contribution in [2.75, 3.05) is 16.8 Å². The lowest BCUT2D eigenvalue weighted by Gasteiger charge is -2.22. The summed E-state index contributed by atoms with van der Waals surface area (Å²) in [6, 6.07) is 20.2. The third-order valence-electron chi connectivity index (χ3n) is 3.41. The quantitative estimate of drug-likeness (QED) is 0.676. The smallest absolute Gasteiger partial charge is 0.138 e. The molecule has 0 unspecified atom stereocenters. The molecule has 3 aromatic rings. The van der Waals surface area contributed by atoms with E-state index in [1.165, 1.54) is 0 Å². The Morgan fingerprint density at radius 3 is 2.57 bits per heavy atom. The lowest BCUT2D eigenvalue weighted by molar-refractivity contribution is 0.977. The van der Waals surface area contributed by atoms with Gasteiger partial charge in [0.2, 0.25) is 0 Å². The number of halogens is 1. The maximum Gasteiger partial charge on any atom is 0.138 e. The van der Waals surface area contributed by atoms with Crippen LogP contribution in [0.5, 0.6) is 0 Å². The zero-order chi connectivity index (χ0) is 16.1. The molecule has 5 heteroatoms. The van der Waals surface area contributed by atoms with Crippen LogP contribution in [-0.2, 0) is 0 Å². The first kappa shape index (κ1) is 15.5. The minimum atomic E-state index is 0.766. The molecular formula is C18H17BrN4. The van der Waals surface area contributed by atoms with E-state index in [-0.39, 0.29) is 0 Å². The summed E-state index contributed by atoms with van der Waals surface area (Å²) in [7, 11) is 0. The SMILES string of the molecule is CCN(c1ccccc1)c1cc(Nc2cccc(Br)c2)ncn1. The Morgan fingerprint density at radius 2 is 1.83 bits per heavy atom. The molecule has 1 heterocycles. The molecule has 0 saturated heterocycles. The normalized spacial score (nSPS) is 10.3. The van der Waals surface area contributed by atoms with E-state index in [0.29, 0.717) is 0 Å². The second kappa shape index (κ2) is 7.24. The van der Waals surface area contributed by atoms with Gasteiger partial charge in [-0.25, -0.2) is 9.97 Å². The molecule has 0 aliphatic rings. The zero-order valence-corrected chi connectivity index (χ0v) is 14.4. The Morgan fingerprint density at radius 1 is 1.00 bits per heavy atom. The van der Waals surface area contributed by atoms with Gasteiger partial charge >= 0.3 is 0 Å². The first-order valence-corrected chi connectivity index (χ1v) is 8.23. The van der Waals surface area contributed by atoms with E-state index < -0.39 is 0 Å². The molecule has 4 nitrogen and oxygen atoms in total. The standard InChI is InChI=1S/C18H17BrN4/c1-2-23(16-9-4-3-5-10-16)18-12-17(20-13-21-18)22-15-8-6-7-14(19)11-15/h3-13H,2H2,1H3,(H,20,21,22). The minimum Gasteiger partial charge on any atom is -0.340 e. The molecule has 116 valence electrons. The molecule has 0 atom stereocenters. The molecule has 0 amide bonds. The van der Waals surface area contributed by atoms with Crippen LogP contribution < -0.4 is 10.2 Å². The largest absolute Gasteiger partial charge is 0.340 e. The predicted molar refractivity (Wildman–Crippen MR) is 98.6 cm³/mol. The van der Waals surface area contributed by atoms with Crippen LogP contribution in [-0.4, -0.2) is 16.5 Å². The van der Waals surface area contributed by atoms with Crippen molar-refractivity contribution in [3.05, 3.63) is 71.5 Å². The maximum absolute atomic E-state index is 4.41. The molecule has 1 aromatic heterocycles. The highest BCUT2D eigenvalue weighted by atomic mass is 79.9. The van der Waals surface area contributed by atoms with Gasteiger partial charge in [-0.05, 0) is 37.3 Å². The van der Waals surface area contributed by atoms with Crippen LogP contribution in [0, 0.1) is 0 Å². The van der Waals surface area contributed by atoms with Gasteiger partial charge < -0.3 is 10.2 Å². The third-order valence-corrected chi connectivity index (χ3v) is 3.90. The Labute approximate surface area is 144 Å². The predicted octanol–water partition coefficient (Wildman–Crippen LogP) is 5.14. The third kappa shape index (κ3) is 3.87. The van der Waals surface area contributed by atoms with Crippen molar-refractivity contribution < 1.29 is 0 Å². The molecule has 2 aromatic carbocycles. The van der Waals surface area contributed by atoms with Crippen molar-refractivity contribution in [2.45, 2.75) is 6.92 Å². The molecule has 0 radical (unpaired) electrons. The number of anilines is 4. The van der Waals surface area contributed by atoms with Gasteiger partial charge in [0.1, 0.15) is 18.0 Å². The van der Waals surface area contributed by atoms with E-state index in [4.69, 9.17) is 0 Å². The average molecular weight is 369 g/mol. The highest BCUT2D eigenvalue weighted by Gasteiger charge is 2.09. The summed E-state index contributed by atoms with van der Waals surface area (Å²) in [4.78, 5) is 10.9. The summed E-state index contributed by atoms with van der Waals surface area (Å²) in [6.07, 6.45) is 1.58. The molecular weight excluding hydrogens is 352 g/mol. The Kier molecular flexibility index (Phi) is 4.88. The summed E-state index contributed by atoms with van der Waals surface area (Å²) in [5.74, 6) is 1.63. The first-order valence-electron chi connectivity index (χ1n) is 7.43. The fraction of sp³-hybridized carbons (Fsp3) is 0.111. The zero-order valence-electron chi connectivity index (χ0n) is 12.8. The van der Waals surface area contributed by atoms with E-state index in [1.807, 2.05) is 48.5 Å². The van der Waals surface area contributed by atoms with Crippen molar-refractivity contribution in [3.63, 3.8) is 0 Å². The molecule has 1 N–H and O–H groups in total. The van der Waals surface area contributed by atoms with Crippen molar-refractivity contribution in [3.8, 4) is 0 Å². The van der Waals surface area contributed by atoms with Crippen molar-refractivity contribution in [1.29, 1.82) is 0 Å². The summed E-state index contributed by atoms with van der Waals surface area (Å²) in [5.41, 5.74) is 2.09. The van der Waals surface area contributed by atoms with Gasteiger partial charge in [-0.15, -0.1) is 0 Å². The molecule has 0 saturated carbocycles. The van der Waals surface area contributed by atoms with Gasteiger partial charge in [-0.3, -0.25) is 0 Å². The van der Waals surface area contributed by atoms with Gasteiger partial charge in [0, 0.05) is 28.5 Å². The van der Waals surface area contributed by atoms with Crippen LogP contribution in [0.3, 0.4) is 0 Å². The fourth-order valence-corrected chi connectivity index (χ4v) is 2.76. The molecule has 0 aliphatic heterocycles. The summed E-state index contributed by atoms with van der Waals surface area (Å²) >= 11 is 3.47. The topological polar surface area (TPSA) is 41.0 Å². The average Bonchev–Trinajstić information content (AvgIpc) is 2.57. The van der Waals surface area contributed by atoms with E-state index >= 15 is 0 Å². The monoisotopic (exact) mass is 368 g/mol. The van der Waals surface area contributed by atoms with Gasteiger partial charge in [-0.2, -0.15) is 0 Å². The van der Waals surface area contributed by atoms with Gasteiger partial charge in [0.25, 0.3) is 0 Å². The number of nitrogens with one attached hydrogen (secondary N) is 1. The molecule has 0 spiro atoms. The lowest BCUT2D eigenvalue weighted by atomic mass is 10.3. The second-order valence-electron chi connectivity index (χ2n) is 4.98. The number of aromatic nitrogens is 2. The molecule has 0 bridgehead atoms. The summed E-state index contributed by atoms with van der Waals surface area (Å²) < 4.78 is 1.02. The molecule has 0 fully saturated rings. The Hall–Kier alpha value is -2.40. The fourth-order valence-electron chi connectivity index (χ4n) is 2.36. The van der Waals surface area contributed by atoms with Gasteiger partial charge in [0.05, 0.1) is 0 Å². The van der Waals surface area contributed by atoms with Crippen molar-refractivity contribution in [1.82, 2.24) is 9.97 Å². The number of benzene rings is 2. The van der Waals surface area contributed by atoms with E-state index in [0.717, 1.165) is 34.0 Å². The van der Waals surface area contributed by atoms with Crippen LogP contribution in [0.4, 0.5) is 23.0 Å². The first-order chi connectivity index (χ1) is 11.3. The summed E-state index contributed by atoms with van der Waals surface area (Å²) in [6.45, 7) is 2.94. The highest BCUT2D eigenvalue weighted by molar-refractivity contribution is 9.10. The van der Waals surface area contributed by atoms with E-state index in [1.54, 1.807) is 6.33 Å². The van der Waals surface area contributed by atoms with Crippen LogP contribution in [0.25, 0.3) is 0 Å². The maximum atomic E-state index is 4.41. The molecule has 0 aliphatic carbocycles. The number of rotatable bonds is 5. The molecule has 3 rings (SSSR count). The Bertz CT molecular complexity index is 777. The highest BCUT2D eigenvalue weighted by Crippen LogP contribution is 2.25. The number of para-hydroxylation sites is 1. The van der Waals surface area contributed by atoms with Gasteiger partial charge in [-0.1, -0.05) is 40.2 Å². The van der Waals surface area contributed by atoms with Crippen LogP contribution in [0.1, 0.15) is 6.92 Å². The van der Waals surface area contributed by atoms with Crippen LogP contribution in [0.15, 0.2) is 71.5 Å². The van der Waals surface area contributed by atoms with Crippen molar-refractivity contribution >= 4 is 38.9 Å². The lowest BCUT2D eigenvalue weighted by Crippen LogP contribution is -2.17. The van der Waals surface area contributed by atoms with E-state index in [2.05, 4.69) is 55.2 Å².